The lowest BCUT2D eigenvalue weighted by Crippen LogP contribution is -2.14. The predicted molar refractivity (Wildman–Crippen MR) is 117 cm³/mol. The summed E-state index contributed by atoms with van der Waals surface area (Å²) in [7, 11) is 1.54. The number of hydrogen-bond donors (Lipinski definition) is 1. The van der Waals surface area contributed by atoms with Crippen LogP contribution in [0, 0.1) is 6.92 Å². The van der Waals surface area contributed by atoms with Crippen molar-refractivity contribution >= 4 is 29.1 Å². The van der Waals surface area contributed by atoms with Gasteiger partial charge in [0, 0.05) is 22.6 Å². The van der Waals surface area contributed by atoms with Gasteiger partial charge in [-0.2, -0.15) is 0 Å². The third-order valence-corrected chi connectivity index (χ3v) is 5.45. The van der Waals surface area contributed by atoms with Crippen molar-refractivity contribution in [3.05, 3.63) is 83.9 Å². The van der Waals surface area contributed by atoms with Crippen molar-refractivity contribution in [2.24, 2.45) is 0 Å². The maximum Gasteiger partial charge on any atom is 0.224 e. The highest BCUT2D eigenvalue weighted by Gasteiger charge is 2.15. The molecule has 0 saturated carbocycles. The number of rotatable bonds is 8. The fourth-order valence-corrected chi connectivity index (χ4v) is 3.81. The van der Waals surface area contributed by atoms with E-state index >= 15 is 0 Å². The number of nitrogens with one attached hydrogen (secondary N) is 1. The Labute approximate surface area is 175 Å². The van der Waals surface area contributed by atoms with E-state index in [1.54, 1.807) is 23.9 Å². The second-order valence-corrected chi connectivity index (χ2v) is 7.70. The van der Waals surface area contributed by atoms with Gasteiger partial charge in [0.25, 0.3) is 0 Å². The van der Waals surface area contributed by atoms with Crippen LogP contribution in [0.3, 0.4) is 0 Å². The van der Waals surface area contributed by atoms with Crippen molar-refractivity contribution in [2.75, 3.05) is 12.4 Å². The largest absolute Gasteiger partial charge is 0.496 e. The van der Waals surface area contributed by atoms with E-state index in [1.807, 2.05) is 67.6 Å². The molecule has 0 fully saturated rings. The van der Waals surface area contributed by atoms with E-state index in [1.165, 1.54) is 7.11 Å². The van der Waals surface area contributed by atoms with Crippen LogP contribution in [0.4, 0.5) is 5.69 Å². The molecular weight excluding hydrogens is 382 g/mol. The lowest BCUT2D eigenvalue weighted by atomic mass is 10.0. The Morgan fingerprint density at radius 3 is 2.41 bits per heavy atom. The van der Waals surface area contributed by atoms with Crippen LogP contribution in [0.25, 0.3) is 0 Å². The minimum Gasteiger partial charge on any atom is -0.496 e. The highest BCUT2D eigenvalue weighted by molar-refractivity contribution is 7.99. The molecule has 0 aliphatic rings. The molecule has 0 heterocycles. The number of ether oxygens (including phenoxy) is 1. The molecule has 0 aliphatic carbocycles. The van der Waals surface area contributed by atoms with Crippen LogP contribution in [0.15, 0.2) is 82.6 Å². The van der Waals surface area contributed by atoms with Crippen molar-refractivity contribution < 1.29 is 14.3 Å². The van der Waals surface area contributed by atoms with Gasteiger partial charge >= 0.3 is 0 Å². The van der Waals surface area contributed by atoms with Gasteiger partial charge in [-0.1, -0.05) is 53.7 Å². The molecule has 1 amide bonds. The molecule has 3 rings (SSSR count). The van der Waals surface area contributed by atoms with Crippen LogP contribution >= 0.6 is 11.8 Å². The molecule has 0 aromatic heterocycles. The fourth-order valence-electron chi connectivity index (χ4n) is 2.89. The first kappa shape index (κ1) is 20.7. The number of anilines is 1. The summed E-state index contributed by atoms with van der Waals surface area (Å²) < 4.78 is 5.27. The number of hydrogen-bond acceptors (Lipinski definition) is 4. The molecule has 5 heteroatoms. The van der Waals surface area contributed by atoms with E-state index in [0.717, 1.165) is 21.0 Å². The van der Waals surface area contributed by atoms with E-state index in [-0.39, 0.29) is 24.5 Å². The van der Waals surface area contributed by atoms with E-state index in [4.69, 9.17) is 4.74 Å². The molecule has 29 heavy (non-hydrogen) atoms. The molecule has 0 atom stereocenters. The standard InChI is InChI=1S/C24H23NO3S/c1-17-12-14-22(28-2)19(16-17)21(26)13-15-24(27)25-20-10-6-7-11-23(20)29-18-8-4-3-5-9-18/h3-12,14,16H,13,15H2,1-2H3,(H,25,27). The summed E-state index contributed by atoms with van der Waals surface area (Å²) in [5.74, 6) is 0.240. The van der Waals surface area contributed by atoms with Crippen molar-refractivity contribution in [1.82, 2.24) is 0 Å². The number of para-hydroxylation sites is 1. The van der Waals surface area contributed by atoms with Crippen molar-refractivity contribution in [3.8, 4) is 5.75 Å². The summed E-state index contributed by atoms with van der Waals surface area (Å²) in [5.41, 5.74) is 2.23. The minimum absolute atomic E-state index is 0.104. The number of carbonyl (C=O) groups excluding carboxylic acids is 2. The molecule has 148 valence electrons. The molecule has 0 bridgehead atoms. The van der Waals surface area contributed by atoms with Crippen LogP contribution in [0.2, 0.25) is 0 Å². The molecule has 0 radical (unpaired) electrons. The number of amides is 1. The highest BCUT2D eigenvalue weighted by Crippen LogP contribution is 2.33. The monoisotopic (exact) mass is 405 g/mol. The normalized spacial score (nSPS) is 10.4. The van der Waals surface area contributed by atoms with Gasteiger partial charge < -0.3 is 10.1 Å². The van der Waals surface area contributed by atoms with Gasteiger partial charge in [0.15, 0.2) is 5.78 Å². The predicted octanol–water partition coefficient (Wildman–Crippen LogP) is 5.76. The Kier molecular flexibility index (Phi) is 7.09. The zero-order valence-corrected chi connectivity index (χ0v) is 17.3. The average Bonchev–Trinajstić information content (AvgIpc) is 2.74. The lowest BCUT2D eigenvalue weighted by molar-refractivity contribution is -0.116. The van der Waals surface area contributed by atoms with Crippen molar-refractivity contribution in [1.29, 1.82) is 0 Å². The quantitative estimate of drug-likeness (QED) is 0.484. The van der Waals surface area contributed by atoms with Gasteiger partial charge in [0.2, 0.25) is 5.91 Å². The first-order valence-electron chi connectivity index (χ1n) is 9.36. The third kappa shape index (κ3) is 5.72. The number of ketones is 1. The van der Waals surface area contributed by atoms with Crippen LogP contribution in [-0.4, -0.2) is 18.8 Å². The molecule has 0 unspecified atom stereocenters. The van der Waals surface area contributed by atoms with Gasteiger partial charge in [-0.05, 0) is 43.3 Å². The SMILES string of the molecule is COc1ccc(C)cc1C(=O)CCC(=O)Nc1ccccc1Sc1ccccc1. The van der Waals surface area contributed by atoms with Crippen LogP contribution in [-0.2, 0) is 4.79 Å². The summed E-state index contributed by atoms with van der Waals surface area (Å²) in [6.07, 6.45) is 0.236. The first-order valence-corrected chi connectivity index (χ1v) is 10.2. The Morgan fingerprint density at radius 1 is 0.931 bits per heavy atom. The molecule has 0 spiro atoms. The molecule has 3 aromatic carbocycles. The van der Waals surface area contributed by atoms with E-state index in [9.17, 15) is 9.59 Å². The molecule has 0 saturated heterocycles. The summed E-state index contributed by atoms with van der Waals surface area (Å²) in [6, 6.07) is 23.1. The molecular formula is C24H23NO3S. The summed E-state index contributed by atoms with van der Waals surface area (Å²) in [5, 5.41) is 2.93. The molecule has 1 N–H and O–H groups in total. The molecule has 4 nitrogen and oxygen atoms in total. The molecule has 3 aromatic rings. The van der Waals surface area contributed by atoms with E-state index in [0.29, 0.717) is 11.3 Å². The number of benzene rings is 3. The van der Waals surface area contributed by atoms with E-state index < -0.39 is 0 Å². The molecule has 0 aliphatic heterocycles. The van der Waals surface area contributed by atoms with Gasteiger partial charge in [0.1, 0.15) is 5.75 Å². The van der Waals surface area contributed by atoms with Gasteiger partial charge in [-0.3, -0.25) is 9.59 Å². The summed E-state index contributed by atoms with van der Waals surface area (Å²) in [4.78, 5) is 27.1. The number of methoxy groups -OCH3 is 1. The van der Waals surface area contributed by atoms with E-state index in [2.05, 4.69) is 5.32 Å². The third-order valence-electron chi connectivity index (χ3n) is 4.37. The summed E-state index contributed by atoms with van der Waals surface area (Å²) in [6.45, 7) is 1.92. The van der Waals surface area contributed by atoms with Gasteiger partial charge in [0.05, 0.1) is 18.4 Å². The van der Waals surface area contributed by atoms with Gasteiger partial charge in [-0.15, -0.1) is 0 Å². The number of carbonyl (C=O) groups is 2. The smallest absolute Gasteiger partial charge is 0.224 e. The second-order valence-electron chi connectivity index (χ2n) is 6.59. The topological polar surface area (TPSA) is 55.4 Å². The number of Topliss-reactive ketones (excluding diaryl/α,β-unsaturated/α-hetero) is 1. The summed E-state index contributed by atoms with van der Waals surface area (Å²) >= 11 is 1.59. The maximum absolute atomic E-state index is 12.6. The van der Waals surface area contributed by atoms with Crippen LogP contribution in [0.5, 0.6) is 5.75 Å². The van der Waals surface area contributed by atoms with Crippen LogP contribution < -0.4 is 10.1 Å². The zero-order chi connectivity index (χ0) is 20.6. The Hall–Kier alpha value is -3.05. The Balaban J connectivity index is 1.63. The average molecular weight is 406 g/mol. The first-order chi connectivity index (χ1) is 14.1. The van der Waals surface area contributed by atoms with Crippen LogP contribution in [0.1, 0.15) is 28.8 Å². The maximum atomic E-state index is 12.6. The Bertz CT molecular complexity index is 1000. The fraction of sp³-hybridized carbons (Fsp3) is 0.167. The second kappa shape index (κ2) is 9.94. The highest BCUT2D eigenvalue weighted by atomic mass is 32.2. The van der Waals surface area contributed by atoms with Gasteiger partial charge in [-0.25, -0.2) is 0 Å². The Morgan fingerprint density at radius 2 is 1.66 bits per heavy atom. The zero-order valence-electron chi connectivity index (χ0n) is 16.5. The lowest BCUT2D eigenvalue weighted by Gasteiger charge is -2.11. The van der Waals surface area contributed by atoms with Crippen molar-refractivity contribution in [2.45, 2.75) is 29.6 Å². The minimum atomic E-state index is -0.189. The van der Waals surface area contributed by atoms with Crippen molar-refractivity contribution in [3.63, 3.8) is 0 Å². The number of aryl methyl sites for hydroxylation is 1.